The van der Waals surface area contributed by atoms with E-state index in [4.69, 9.17) is 4.74 Å². The normalized spacial score (nSPS) is 15.2. The smallest absolute Gasteiger partial charge is 0.337 e. The van der Waals surface area contributed by atoms with Gasteiger partial charge >= 0.3 is 12.0 Å². The Morgan fingerprint density at radius 3 is 2.42 bits per heavy atom. The van der Waals surface area contributed by atoms with Gasteiger partial charge in [-0.1, -0.05) is 15.9 Å². The zero-order valence-electron chi connectivity index (χ0n) is 16.4. The van der Waals surface area contributed by atoms with Crippen LogP contribution < -0.4 is 15.0 Å². The number of hydrogen-bond acceptors (Lipinski definition) is 6. The Bertz CT molecular complexity index is 1110. The predicted octanol–water partition coefficient (Wildman–Crippen LogP) is 4.06. The molecule has 0 spiro atoms. The molecule has 2 aromatic rings. The summed E-state index contributed by atoms with van der Waals surface area (Å²) in [5.74, 6) is -1.74. The maximum atomic E-state index is 13.1. The van der Waals surface area contributed by atoms with Gasteiger partial charge in [0.25, 0.3) is 11.8 Å². The first kappa shape index (κ1) is 22.7. The van der Waals surface area contributed by atoms with E-state index in [0.29, 0.717) is 26.9 Å². The van der Waals surface area contributed by atoms with Crippen LogP contribution in [0.3, 0.4) is 0 Å². The van der Waals surface area contributed by atoms with Crippen LogP contribution in [-0.4, -0.2) is 37.5 Å². The van der Waals surface area contributed by atoms with Crippen LogP contribution in [0, 0.1) is 0 Å². The van der Waals surface area contributed by atoms with Crippen LogP contribution in [0.15, 0.2) is 50.9 Å². The Morgan fingerprint density at radius 1 is 1.13 bits per heavy atom. The number of amides is 4. The molecule has 1 aliphatic heterocycles. The van der Waals surface area contributed by atoms with Crippen molar-refractivity contribution in [3.05, 3.63) is 62.0 Å². The first-order valence-electron chi connectivity index (χ1n) is 8.98. The zero-order chi connectivity index (χ0) is 22.7. The lowest BCUT2D eigenvalue weighted by molar-refractivity contribution is -0.122. The van der Waals surface area contributed by atoms with Crippen LogP contribution in [0.5, 0.6) is 5.75 Å². The molecule has 0 aromatic heterocycles. The van der Waals surface area contributed by atoms with E-state index in [1.807, 2.05) is 6.92 Å². The van der Waals surface area contributed by atoms with Crippen molar-refractivity contribution in [2.45, 2.75) is 6.92 Å². The number of urea groups is 1. The average molecular weight is 552 g/mol. The summed E-state index contributed by atoms with van der Waals surface area (Å²) in [6.07, 6.45) is 1.36. The van der Waals surface area contributed by atoms with Gasteiger partial charge in [-0.25, -0.2) is 14.5 Å². The van der Waals surface area contributed by atoms with Crippen LogP contribution in [0.2, 0.25) is 0 Å². The highest BCUT2D eigenvalue weighted by atomic mass is 79.9. The molecule has 4 amide bonds. The number of esters is 1. The second-order valence-corrected chi connectivity index (χ2v) is 8.01. The van der Waals surface area contributed by atoms with E-state index < -0.39 is 23.8 Å². The summed E-state index contributed by atoms with van der Waals surface area (Å²) in [6, 6.07) is 8.24. The highest BCUT2D eigenvalue weighted by Gasteiger charge is 2.37. The fourth-order valence-corrected chi connectivity index (χ4v) is 4.27. The number of nitrogens with zero attached hydrogens (tertiary/aromatic N) is 1. The maximum absolute atomic E-state index is 13.1. The van der Waals surface area contributed by atoms with E-state index in [9.17, 15) is 19.2 Å². The van der Waals surface area contributed by atoms with Crippen LogP contribution >= 0.6 is 31.9 Å². The summed E-state index contributed by atoms with van der Waals surface area (Å²) in [7, 11) is 1.25. The number of anilines is 1. The van der Waals surface area contributed by atoms with E-state index in [0.717, 1.165) is 4.90 Å². The number of ether oxygens (including phenoxy) is 2. The lowest BCUT2D eigenvalue weighted by Gasteiger charge is -2.26. The molecule has 0 atom stereocenters. The fraction of sp³-hybridized carbons (Fsp3) is 0.143. The summed E-state index contributed by atoms with van der Waals surface area (Å²) in [6.45, 7) is 2.18. The molecule has 1 heterocycles. The minimum absolute atomic E-state index is 0.189. The molecule has 0 bridgehead atoms. The number of rotatable bonds is 5. The van der Waals surface area contributed by atoms with Crippen molar-refractivity contribution in [1.29, 1.82) is 0 Å². The van der Waals surface area contributed by atoms with E-state index in [-0.39, 0.29) is 16.8 Å². The summed E-state index contributed by atoms with van der Waals surface area (Å²) in [4.78, 5) is 50.3. The maximum Gasteiger partial charge on any atom is 0.337 e. The molecule has 2 aromatic carbocycles. The van der Waals surface area contributed by atoms with Crippen LogP contribution in [0.4, 0.5) is 10.5 Å². The SMILES string of the molecule is CCOc1c(Br)cc(Br)cc1/C=C1\C(=O)NC(=O)N(c2ccc(C(=O)OC)cc2)C1=O. The second kappa shape index (κ2) is 9.44. The monoisotopic (exact) mass is 550 g/mol. The van der Waals surface area contributed by atoms with Gasteiger partial charge in [0.2, 0.25) is 0 Å². The zero-order valence-corrected chi connectivity index (χ0v) is 19.6. The summed E-state index contributed by atoms with van der Waals surface area (Å²) in [5, 5.41) is 2.16. The highest BCUT2D eigenvalue weighted by Crippen LogP contribution is 2.35. The molecule has 3 rings (SSSR count). The van der Waals surface area contributed by atoms with Gasteiger partial charge in [-0.05, 0) is 65.3 Å². The standard InChI is InChI=1S/C21H16Br2N2O6/c1-3-31-17-12(8-13(22)10-16(17)23)9-15-18(26)24-21(29)25(19(15)27)14-6-4-11(5-7-14)20(28)30-2/h4-10H,3H2,1-2H3,(H,24,26,29)/b15-9+. The van der Waals surface area contributed by atoms with Crippen LogP contribution in [0.25, 0.3) is 6.08 Å². The Labute approximate surface area is 194 Å². The van der Waals surface area contributed by atoms with Gasteiger partial charge in [0, 0.05) is 10.0 Å². The van der Waals surface area contributed by atoms with Gasteiger partial charge in [0.05, 0.1) is 29.4 Å². The largest absolute Gasteiger partial charge is 0.492 e. The van der Waals surface area contributed by atoms with Crippen molar-refractivity contribution in [2.24, 2.45) is 0 Å². The molecule has 0 aliphatic carbocycles. The number of methoxy groups -OCH3 is 1. The first-order chi connectivity index (χ1) is 14.8. The van der Waals surface area contributed by atoms with Crippen molar-refractivity contribution < 1.29 is 28.7 Å². The molecular formula is C21H16Br2N2O6. The molecule has 10 heteroatoms. The van der Waals surface area contributed by atoms with E-state index in [2.05, 4.69) is 41.9 Å². The van der Waals surface area contributed by atoms with Gasteiger partial charge in [0.1, 0.15) is 11.3 Å². The van der Waals surface area contributed by atoms with E-state index in [1.54, 1.807) is 12.1 Å². The number of barbiturate groups is 1. The number of nitrogens with one attached hydrogen (secondary N) is 1. The highest BCUT2D eigenvalue weighted by molar-refractivity contribution is 9.11. The molecule has 31 heavy (non-hydrogen) atoms. The third kappa shape index (κ3) is 4.70. The van der Waals surface area contributed by atoms with E-state index >= 15 is 0 Å². The van der Waals surface area contributed by atoms with Crippen LogP contribution in [0.1, 0.15) is 22.8 Å². The Morgan fingerprint density at radius 2 is 1.81 bits per heavy atom. The fourth-order valence-electron chi connectivity index (χ4n) is 2.90. The molecule has 1 aliphatic rings. The second-order valence-electron chi connectivity index (χ2n) is 6.24. The molecule has 0 unspecified atom stereocenters. The van der Waals surface area contributed by atoms with Gasteiger partial charge in [-0.3, -0.25) is 14.9 Å². The average Bonchev–Trinajstić information content (AvgIpc) is 2.73. The third-order valence-electron chi connectivity index (χ3n) is 4.27. The predicted molar refractivity (Wildman–Crippen MR) is 120 cm³/mol. The van der Waals surface area contributed by atoms with Crippen molar-refractivity contribution >= 4 is 67.4 Å². The number of benzene rings is 2. The molecule has 1 saturated heterocycles. The van der Waals surface area contributed by atoms with Crippen molar-refractivity contribution in [3.8, 4) is 5.75 Å². The van der Waals surface area contributed by atoms with E-state index in [1.165, 1.54) is 37.5 Å². The quantitative estimate of drug-likeness (QED) is 0.341. The van der Waals surface area contributed by atoms with Gasteiger partial charge in [-0.15, -0.1) is 0 Å². The lowest BCUT2D eigenvalue weighted by atomic mass is 10.1. The Kier molecular flexibility index (Phi) is 6.91. The lowest BCUT2D eigenvalue weighted by Crippen LogP contribution is -2.54. The minimum Gasteiger partial charge on any atom is -0.492 e. The molecule has 160 valence electrons. The number of carbonyl (C=O) groups excluding carboxylic acids is 4. The van der Waals surface area contributed by atoms with Crippen molar-refractivity contribution in [1.82, 2.24) is 5.32 Å². The number of hydrogen-bond donors (Lipinski definition) is 1. The Hall–Kier alpha value is -2.98. The van der Waals surface area contributed by atoms with Crippen LogP contribution in [-0.2, 0) is 14.3 Å². The molecular weight excluding hydrogens is 536 g/mol. The molecule has 1 fully saturated rings. The molecule has 1 N–H and O–H groups in total. The van der Waals surface area contributed by atoms with Gasteiger partial charge in [0.15, 0.2) is 0 Å². The number of carbonyl (C=O) groups is 4. The number of halogens is 2. The van der Waals surface area contributed by atoms with Crippen molar-refractivity contribution in [2.75, 3.05) is 18.6 Å². The topological polar surface area (TPSA) is 102 Å². The first-order valence-corrected chi connectivity index (χ1v) is 10.6. The van der Waals surface area contributed by atoms with Crippen molar-refractivity contribution in [3.63, 3.8) is 0 Å². The molecule has 0 saturated carbocycles. The summed E-state index contributed by atoms with van der Waals surface area (Å²) < 4.78 is 11.6. The van der Waals surface area contributed by atoms with Gasteiger partial charge < -0.3 is 9.47 Å². The molecule has 8 nitrogen and oxygen atoms in total. The Balaban J connectivity index is 2.03. The third-order valence-corrected chi connectivity index (χ3v) is 5.32. The number of imide groups is 2. The molecule has 0 radical (unpaired) electrons. The summed E-state index contributed by atoms with van der Waals surface area (Å²) >= 11 is 6.78. The minimum atomic E-state index is -0.890. The van der Waals surface area contributed by atoms with Gasteiger partial charge in [-0.2, -0.15) is 0 Å². The summed E-state index contributed by atoms with van der Waals surface area (Å²) in [5.41, 5.74) is 0.664.